The van der Waals surface area contributed by atoms with Crippen molar-refractivity contribution in [3.8, 4) is 0 Å². The second-order valence-corrected chi connectivity index (χ2v) is 11.8. The van der Waals surface area contributed by atoms with E-state index in [1.54, 1.807) is 26.1 Å². The summed E-state index contributed by atoms with van der Waals surface area (Å²) >= 11 is 1.24. The number of hydrogen-bond donors (Lipinski definition) is 0. The molecule has 0 aliphatic carbocycles. The molecule has 0 unspecified atom stereocenters. The smallest absolute Gasteiger partial charge is 0.252 e. The zero-order valence-electron chi connectivity index (χ0n) is 14.6. The topological polar surface area (TPSA) is 78.0 Å². The van der Waals surface area contributed by atoms with E-state index in [9.17, 15) is 16.8 Å². The van der Waals surface area contributed by atoms with Gasteiger partial charge in [0.2, 0.25) is 10.0 Å². The van der Waals surface area contributed by atoms with E-state index in [0.717, 1.165) is 12.8 Å². The molecule has 3 heterocycles. The molecular weight excluding hydrogens is 382 g/mol. The van der Waals surface area contributed by atoms with Gasteiger partial charge < -0.3 is 0 Å². The highest BCUT2D eigenvalue weighted by atomic mass is 32.2. The van der Waals surface area contributed by atoms with Crippen LogP contribution in [0.5, 0.6) is 0 Å². The Hall–Kier alpha value is -0.520. The van der Waals surface area contributed by atoms with Crippen LogP contribution in [0.4, 0.5) is 0 Å². The van der Waals surface area contributed by atoms with E-state index >= 15 is 0 Å². The second kappa shape index (κ2) is 6.90. The van der Waals surface area contributed by atoms with Crippen LogP contribution in [0.2, 0.25) is 0 Å². The molecule has 0 spiro atoms. The second-order valence-electron chi connectivity index (χ2n) is 6.75. The van der Waals surface area contributed by atoms with Gasteiger partial charge in [0.1, 0.15) is 4.21 Å². The Bertz CT molecular complexity index is 799. The Morgan fingerprint density at radius 2 is 1.76 bits per heavy atom. The van der Waals surface area contributed by atoms with Crippen LogP contribution in [0.15, 0.2) is 21.7 Å². The summed E-state index contributed by atoms with van der Waals surface area (Å²) in [5.41, 5.74) is -0.179. The number of nitrogens with zero attached hydrogens (tertiary/aromatic N) is 3. The van der Waals surface area contributed by atoms with Crippen molar-refractivity contribution < 1.29 is 16.8 Å². The third kappa shape index (κ3) is 3.65. The number of piperazine rings is 1. The van der Waals surface area contributed by atoms with E-state index in [1.807, 2.05) is 0 Å². The highest BCUT2D eigenvalue weighted by molar-refractivity contribution is 7.91. The van der Waals surface area contributed by atoms with Crippen molar-refractivity contribution >= 4 is 31.4 Å². The predicted molar refractivity (Wildman–Crippen MR) is 98.7 cm³/mol. The highest BCUT2D eigenvalue weighted by Gasteiger charge is 2.45. The summed E-state index contributed by atoms with van der Waals surface area (Å²) in [5, 5.41) is 1.77. The largest absolute Gasteiger partial charge is 0.294 e. The Labute approximate surface area is 154 Å². The molecule has 142 valence electrons. The Morgan fingerprint density at radius 1 is 1.08 bits per heavy atom. The monoisotopic (exact) mass is 407 g/mol. The predicted octanol–water partition coefficient (Wildman–Crippen LogP) is 0.869. The quantitative estimate of drug-likeness (QED) is 0.724. The lowest BCUT2D eigenvalue weighted by Gasteiger charge is -2.45. The van der Waals surface area contributed by atoms with E-state index in [0.29, 0.717) is 43.5 Å². The molecule has 0 bridgehead atoms. The van der Waals surface area contributed by atoms with Crippen LogP contribution in [0.25, 0.3) is 0 Å². The van der Waals surface area contributed by atoms with Crippen LogP contribution >= 0.6 is 11.3 Å². The third-order valence-electron chi connectivity index (χ3n) is 5.42. The highest BCUT2D eigenvalue weighted by Crippen LogP contribution is 2.34. The van der Waals surface area contributed by atoms with Gasteiger partial charge in [-0.05, 0) is 24.3 Å². The molecule has 25 heavy (non-hydrogen) atoms. The summed E-state index contributed by atoms with van der Waals surface area (Å²) in [7, 11) is -6.59. The maximum atomic E-state index is 12.6. The van der Waals surface area contributed by atoms with Gasteiger partial charge in [0.15, 0.2) is 0 Å². The van der Waals surface area contributed by atoms with Gasteiger partial charge in [-0.25, -0.2) is 21.1 Å². The molecule has 0 N–H and O–H groups in total. The van der Waals surface area contributed by atoms with Gasteiger partial charge in [0.25, 0.3) is 10.0 Å². The lowest BCUT2D eigenvalue weighted by Crippen LogP contribution is -2.58. The normalized spacial score (nSPS) is 27.8. The fourth-order valence-corrected chi connectivity index (χ4v) is 7.28. The standard InChI is InChI=1S/C15H25N3O4S3/c1-3-15(6-7-18(13-15)24(2,19)20)16-8-10-17(11-9-16)25(21,22)14-5-4-12-23-14/h4-5,12H,3,6-11,13H2,1-2H3/t15-/m1/s1. The molecule has 0 radical (unpaired) electrons. The summed E-state index contributed by atoms with van der Waals surface area (Å²) < 4.78 is 52.5. The van der Waals surface area contributed by atoms with Crippen molar-refractivity contribution in [3.63, 3.8) is 0 Å². The van der Waals surface area contributed by atoms with Gasteiger partial charge in [0.05, 0.1) is 6.26 Å². The van der Waals surface area contributed by atoms with Gasteiger partial charge in [-0.15, -0.1) is 11.3 Å². The summed E-state index contributed by atoms with van der Waals surface area (Å²) in [4.78, 5) is 2.29. The van der Waals surface area contributed by atoms with E-state index in [-0.39, 0.29) is 5.54 Å². The van der Waals surface area contributed by atoms with Crippen LogP contribution < -0.4 is 0 Å². The average molecular weight is 408 g/mol. The molecule has 2 saturated heterocycles. The first kappa shape index (κ1) is 19.2. The summed E-state index contributed by atoms with van der Waals surface area (Å²) in [6.07, 6.45) is 2.91. The van der Waals surface area contributed by atoms with Crippen LogP contribution in [0.3, 0.4) is 0 Å². The van der Waals surface area contributed by atoms with Crippen molar-refractivity contribution in [2.24, 2.45) is 0 Å². The molecule has 2 aliphatic rings. The van der Waals surface area contributed by atoms with E-state index in [1.165, 1.54) is 17.6 Å². The molecule has 0 amide bonds. The molecule has 1 aromatic rings. The molecule has 2 fully saturated rings. The van der Waals surface area contributed by atoms with Crippen LogP contribution in [0, 0.1) is 0 Å². The average Bonchev–Trinajstić information content (AvgIpc) is 3.25. The van der Waals surface area contributed by atoms with Crippen LogP contribution in [0.1, 0.15) is 19.8 Å². The number of rotatable bonds is 5. The molecule has 1 aromatic heterocycles. The summed E-state index contributed by atoms with van der Waals surface area (Å²) in [5.74, 6) is 0. The molecule has 0 saturated carbocycles. The van der Waals surface area contributed by atoms with Gasteiger partial charge >= 0.3 is 0 Å². The Balaban J connectivity index is 1.69. The van der Waals surface area contributed by atoms with E-state index in [4.69, 9.17) is 0 Å². The molecule has 2 aliphatic heterocycles. The first-order chi connectivity index (χ1) is 11.7. The van der Waals surface area contributed by atoms with Crippen LogP contribution in [-0.4, -0.2) is 81.4 Å². The minimum absolute atomic E-state index is 0.179. The van der Waals surface area contributed by atoms with Gasteiger partial charge in [-0.1, -0.05) is 13.0 Å². The lowest BCUT2D eigenvalue weighted by molar-refractivity contribution is 0.0600. The minimum Gasteiger partial charge on any atom is -0.294 e. The maximum Gasteiger partial charge on any atom is 0.252 e. The molecule has 10 heteroatoms. The van der Waals surface area contributed by atoms with Crippen molar-refractivity contribution in [3.05, 3.63) is 17.5 Å². The Morgan fingerprint density at radius 3 is 2.24 bits per heavy atom. The van der Waals surface area contributed by atoms with Crippen molar-refractivity contribution in [2.45, 2.75) is 29.5 Å². The Kier molecular flexibility index (Phi) is 5.31. The van der Waals surface area contributed by atoms with Crippen LogP contribution in [-0.2, 0) is 20.0 Å². The van der Waals surface area contributed by atoms with Crippen molar-refractivity contribution in [2.75, 3.05) is 45.5 Å². The lowest BCUT2D eigenvalue weighted by atomic mass is 9.92. The molecule has 1 atom stereocenters. The van der Waals surface area contributed by atoms with E-state index in [2.05, 4.69) is 11.8 Å². The SMILES string of the molecule is CC[C@@]1(N2CCN(S(=O)(=O)c3cccs3)CC2)CCN(S(C)(=O)=O)C1. The van der Waals surface area contributed by atoms with Gasteiger partial charge in [0, 0.05) is 44.8 Å². The number of sulfonamides is 2. The minimum atomic E-state index is -3.41. The number of hydrogen-bond acceptors (Lipinski definition) is 6. The summed E-state index contributed by atoms with van der Waals surface area (Å²) in [6, 6.07) is 3.39. The molecule has 7 nitrogen and oxygen atoms in total. The van der Waals surface area contributed by atoms with Gasteiger partial charge in [-0.2, -0.15) is 4.31 Å². The van der Waals surface area contributed by atoms with Gasteiger partial charge in [-0.3, -0.25) is 4.90 Å². The van der Waals surface area contributed by atoms with E-state index < -0.39 is 20.0 Å². The van der Waals surface area contributed by atoms with Crippen molar-refractivity contribution in [1.29, 1.82) is 0 Å². The maximum absolute atomic E-state index is 12.6. The first-order valence-corrected chi connectivity index (χ1v) is 12.6. The molecule has 3 rings (SSSR count). The fraction of sp³-hybridized carbons (Fsp3) is 0.733. The van der Waals surface area contributed by atoms with Crippen molar-refractivity contribution in [1.82, 2.24) is 13.5 Å². The number of thiophene rings is 1. The summed E-state index contributed by atoms with van der Waals surface area (Å²) in [6.45, 7) is 5.29. The third-order valence-corrected chi connectivity index (χ3v) is 9.94. The molecule has 0 aromatic carbocycles. The molecular formula is C15H25N3O4S3. The first-order valence-electron chi connectivity index (χ1n) is 8.43. The zero-order valence-corrected chi connectivity index (χ0v) is 17.0. The zero-order chi connectivity index (χ0) is 18.3. The fourth-order valence-electron chi connectivity index (χ4n) is 3.81.